The summed E-state index contributed by atoms with van der Waals surface area (Å²) in [4.78, 5) is 26.1. The number of carbonyl (C=O) groups is 2. The molecule has 25 heavy (non-hydrogen) atoms. The number of fused-ring (bicyclic) bond motifs is 1. The van der Waals surface area contributed by atoms with Gasteiger partial charge in [-0.25, -0.2) is 0 Å². The third-order valence-corrected chi connectivity index (χ3v) is 4.82. The summed E-state index contributed by atoms with van der Waals surface area (Å²) in [6, 6.07) is 0. The lowest BCUT2D eigenvalue weighted by Gasteiger charge is -2.31. The average Bonchev–Trinajstić information content (AvgIpc) is 3.15. The molecule has 0 unspecified atom stereocenters. The second-order valence-electron chi connectivity index (χ2n) is 6.47. The Morgan fingerprint density at radius 3 is 2.72 bits per heavy atom. The van der Waals surface area contributed by atoms with E-state index in [4.69, 9.17) is 4.74 Å². The zero-order valence-corrected chi connectivity index (χ0v) is 15.1. The number of rotatable bonds is 5. The van der Waals surface area contributed by atoms with Gasteiger partial charge in [0.25, 0.3) is 0 Å². The van der Waals surface area contributed by atoms with Gasteiger partial charge in [0.2, 0.25) is 5.91 Å². The van der Waals surface area contributed by atoms with Gasteiger partial charge in [0, 0.05) is 26.6 Å². The minimum Gasteiger partial charge on any atom is -0.466 e. The largest absolute Gasteiger partial charge is 0.466 e. The number of carbonyl (C=O) groups excluding carboxylic acids is 2. The molecule has 8 nitrogen and oxygen atoms in total. The van der Waals surface area contributed by atoms with Crippen molar-refractivity contribution in [2.45, 2.75) is 39.7 Å². The minimum absolute atomic E-state index is 0.0761. The minimum atomic E-state index is -0.138. The molecule has 1 amide bonds. The Morgan fingerprint density at radius 1 is 1.32 bits per heavy atom. The second kappa shape index (κ2) is 7.25. The standard InChI is InChI=1S/C17H25N5O3/c1-4-25-17(24)13-5-8-21(9-6-13)15(23)7-10-22-16-12(2)19-20(3)14(16)11-18-22/h11,13H,4-10H2,1-3H3. The molecule has 0 bridgehead atoms. The number of piperidine rings is 1. The van der Waals surface area contributed by atoms with E-state index >= 15 is 0 Å². The first-order valence-corrected chi connectivity index (χ1v) is 8.80. The molecule has 136 valence electrons. The molecule has 2 aromatic heterocycles. The van der Waals surface area contributed by atoms with Crippen LogP contribution in [0.25, 0.3) is 11.0 Å². The smallest absolute Gasteiger partial charge is 0.309 e. The van der Waals surface area contributed by atoms with Crippen molar-refractivity contribution >= 4 is 22.9 Å². The molecule has 1 fully saturated rings. The van der Waals surface area contributed by atoms with Crippen LogP contribution < -0.4 is 0 Å². The Labute approximate surface area is 146 Å². The molecule has 0 radical (unpaired) electrons. The molecule has 1 saturated heterocycles. The Balaban J connectivity index is 1.54. The maximum Gasteiger partial charge on any atom is 0.309 e. The summed E-state index contributed by atoms with van der Waals surface area (Å²) >= 11 is 0. The molecular formula is C17H25N5O3. The highest BCUT2D eigenvalue weighted by molar-refractivity contribution is 5.79. The number of nitrogens with zero attached hydrogens (tertiary/aromatic N) is 5. The zero-order valence-electron chi connectivity index (χ0n) is 15.1. The summed E-state index contributed by atoms with van der Waals surface area (Å²) in [7, 11) is 1.89. The van der Waals surface area contributed by atoms with E-state index in [1.54, 1.807) is 10.9 Å². The molecule has 0 spiro atoms. The summed E-state index contributed by atoms with van der Waals surface area (Å²) in [6.45, 7) is 5.93. The maximum absolute atomic E-state index is 12.5. The highest BCUT2D eigenvalue weighted by Gasteiger charge is 2.28. The van der Waals surface area contributed by atoms with Crippen LogP contribution in [-0.4, -0.2) is 56.0 Å². The van der Waals surface area contributed by atoms with E-state index in [0.717, 1.165) is 16.7 Å². The van der Waals surface area contributed by atoms with Gasteiger partial charge in [-0.2, -0.15) is 10.2 Å². The lowest BCUT2D eigenvalue weighted by Crippen LogP contribution is -2.40. The van der Waals surface area contributed by atoms with Crippen molar-refractivity contribution < 1.29 is 14.3 Å². The van der Waals surface area contributed by atoms with E-state index in [-0.39, 0.29) is 17.8 Å². The Morgan fingerprint density at radius 2 is 2.04 bits per heavy atom. The van der Waals surface area contributed by atoms with Gasteiger partial charge < -0.3 is 9.64 Å². The van der Waals surface area contributed by atoms with Crippen molar-refractivity contribution in [1.29, 1.82) is 0 Å². The number of likely N-dealkylation sites (tertiary alicyclic amines) is 1. The highest BCUT2D eigenvalue weighted by atomic mass is 16.5. The van der Waals surface area contributed by atoms with Crippen molar-refractivity contribution in [2.75, 3.05) is 19.7 Å². The van der Waals surface area contributed by atoms with Gasteiger partial charge in [-0.05, 0) is 26.7 Å². The molecule has 0 atom stereocenters. The fourth-order valence-corrected chi connectivity index (χ4v) is 3.46. The van der Waals surface area contributed by atoms with Gasteiger partial charge >= 0.3 is 5.97 Å². The normalized spacial score (nSPS) is 15.7. The first kappa shape index (κ1) is 17.4. The summed E-state index contributed by atoms with van der Waals surface area (Å²) < 4.78 is 8.72. The number of hydrogen-bond donors (Lipinski definition) is 0. The topological polar surface area (TPSA) is 82.2 Å². The van der Waals surface area contributed by atoms with Gasteiger partial charge in [-0.3, -0.25) is 19.0 Å². The van der Waals surface area contributed by atoms with E-state index in [9.17, 15) is 9.59 Å². The van der Waals surface area contributed by atoms with Gasteiger partial charge in [-0.15, -0.1) is 0 Å². The predicted octanol–water partition coefficient (Wildman–Crippen LogP) is 1.27. The molecule has 3 rings (SSSR count). The number of esters is 1. The third kappa shape index (κ3) is 3.52. The molecule has 3 heterocycles. The molecule has 1 aliphatic rings. The van der Waals surface area contributed by atoms with Crippen molar-refractivity contribution in [3.05, 3.63) is 11.9 Å². The average molecular weight is 347 g/mol. The van der Waals surface area contributed by atoms with Crippen LogP contribution in [0.1, 0.15) is 31.9 Å². The third-order valence-electron chi connectivity index (χ3n) is 4.82. The highest BCUT2D eigenvalue weighted by Crippen LogP contribution is 2.20. The van der Waals surface area contributed by atoms with Crippen LogP contribution in [0.4, 0.5) is 0 Å². The molecule has 0 aromatic carbocycles. The molecule has 0 saturated carbocycles. The van der Waals surface area contributed by atoms with E-state index in [0.29, 0.717) is 45.5 Å². The van der Waals surface area contributed by atoms with E-state index < -0.39 is 0 Å². The zero-order chi connectivity index (χ0) is 18.0. The Bertz CT molecular complexity index is 771. The van der Waals surface area contributed by atoms with Crippen LogP contribution in [0.15, 0.2) is 6.20 Å². The van der Waals surface area contributed by atoms with Crippen LogP contribution in [0.5, 0.6) is 0 Å². The van der Waals surface area contributed by atoms with E-state index in [1.807, 2.05) is 30.5 Å². The summed E-state index contributed by atoms with van der Waals surface area (Å²) in [5.41, 5.74) is 2.87. The first-order chi connectivity index (χ1) is 12.0. The van der Waals surface area contributed by atoms with Crippen molar-refractivity contribution in [1.82, 2.24) is 24.5 Å². The Hall–Kier alpha value is -2.38. The van der Waals surface area contributed by atoms with Crippen LogP contribution in [0, 0.1) is 12.8 Å². The lowest BCUT2D eigenvalue weighted by atomic mass is 9.97. The van der Waals surface area contributed by atoms with Crippen LogP contribution in [-0.2, 0) is 27.9 Å². The van der Waals surface area contributed by atoms with Crippen LogP contribution in [0.3, 0.4) is 0 Å². The lowest BCUT2D eigenvalue weighted by molar-refractivity contribution is -0.151. The first-order valence-electron chi connectivity index (χ1n) is 8.80. The second-order valence-corrected chi connectivity index (χ2v) is 6.47. The van der Waals surface area contributed by atoms with Crippen LogP contribution in [0.2, 0.25) is 0 Å². The van der Waals surface area contributed by atoms with E-state index in [1.165, 1.54) is 0 Å². The number of ether oxygens (including phenoxy) is 1. The van der Waals surface area contributed by atoms with Gasteiger partial charge in [0.1, 0.15) is 11.0 Å². The molecule has 2 aromatic rings. The maximum atomic E-state index is 12.5. The SMILES string of the molecule is CCOC(=O)C1CCN(C(=O)CCn2ncc3c2c(C)nn3C)CC1. The number of hydrogen-bond acceptors (Lipinski definition) is 5. The van der Waals surface area contributed by atoms with Crippen LogP contribution >= 0.6 is 0 Å². The number of amides is 1. The molecule has 1 aliphatic heterocycles. The van der Waals surface area contributed by atoms with Crippen molar-refractivity contribution in [3.63, 3.8) is 0 Å². The summed E-state index contributed by atoms with van der Waals surface area (Å²) in [6.07, 6.45) is 3.54. The molecule has 0 N–H and O–H groups in total. The summed E-state index contributed by atoms with van der Waals surface area (Å²) in [5.74, 6) is -0.110. The monoisotopic (exact) mass is 347 g/mol. The quantitative estimate of drug-likeness (QED) is 0.761. The van der Waals surface area contributed by atoms with Gasteiger partial charge in [0.15, 0.2) is 0 Å². The fraction of sp³-hybridized carbons (Fsp3) is 0.647. The molecule has 0 aliphatic carbocycles. The predicted molar refractivity (Wildman–Crippen MR) is 91.8 cm³/mol. The molecular weight excluding hydrogens is 322 g/mol. The van der Waals surface area contributed by atoms with Gasteiger partial charge in [0.05, 0.1) is 31.0 Å². The molecule has 8 heteroatoms. The fourth-order valence-electron chi connectivity index (χ4n) is 3.46. The van der Waals surface area contributed by atoms with Crippen molar-refractivity contribution in [3.8, 4) is 0 Å². The Kier molecular flexibility index (Phi) is 5.06. The number of aromatic nitrogens is 4. The van der Waals surface area contributed by atoms with Crippen molar-refractivity contribution in [2.24, 2.45) is 13.0 Å². The summed E-state index contributed by atoms with van der Waals surface area (Å²) in [5, 5.41) is 8.76. The number of aryl methyl sites for hydroxylation is 3. The van der Waals surface area contributed by atoms with E-state index in [2.05, 4.69) is 10.2 Å². The van der Waals surface area contributed by atoms with Gasteiger partial charge in [-0.1, -0.05) is 0 Å².